The third kappa shape index (κ3) is 2.86. The molecule has 0 saturated heterocycles. The molecule has 0 bridgehead atoms. The van der Waals surface area contributed by atoms with E-state index in [2.05, 4.69) is 22.2 Å². The van der Waals surface area contributed by atoms with Crippen molar-refractivity contribution in [3.8, 4) is 0 Å². The molecule has 2 aromatic rings. The van der Waals surface area contributed by atoms with Crippen molar-refractivity contribution in [3.05, 3.63) is 40.8 Å². The van der Waals surface area contributed by atoms with Gasteiger partial charge in [0.2, 0.25) is 0 Å². The van der Waals surface area contributed by atoms with Crippen molar-refractivity contribution < 1.29 is 9.18 Å². The number of fused-ring (bicyclic) bond motifs is 2. The minimum Gasteiger partial charge on any atom is -0.385 e. The van der Waals surface area contributed by atoms with E-state index in [0.717, 1.165) is 49.4 Å². The van der Waals surface area contributed by atoms with E-state index in [1.54, 1.807) is 6.07 Å². The van der Waals surface area contributed by atoms with Gasteiger partial charge in [0.25, 0.3) is 5.91 Å². The highest BCUT2D eigenvalue weighted by Gasteiger charge is 2.32. The number of carbonyl (C=O) groups is 1. The summed E-state index contributed by atoms with van der Waals surface area (Å²) in [6, 6.07) is 4.53. The predicted molar refractivity (Wildman–Crippen MR) is 98.8 cm³/mol. The third-order valence-electron chi connectivity index (χ3n) is 5.34. The van der Waals surface area contributed by atoms with E-state index in [1.165, 1.54) is 16.8 Å². The highest BCUT2D eigenvalue weighted by Crippen LogP contribution is 2.34. The summed E-state index contributed by atoms with van der Waals surface area (Å²) < 4.78 is 15.1. The molecule has 2 aliphatic rings. The van der Waals surface area contributed by atoms with E-state index >= 15 is 0 Å². The maximum absolute atomic E-state index is 13.7. The SMILES string of the molecule is CCCN1CCc2c(nn(C(=O)C3CCNc4ccc(F)cc43)c2N)C1. The second-order valence-corrected chi connectivity index (χ2v) is 7.09. The van der Waals surface area contributed by atoms with Crippen LogP contribution < -0.4 is 11.1 Å². The molecule has 1 atom stereocenters. The van der Waals surface area contributed by atoms with Gasteiger partial charge in [-0.15, -0.1) is 0 Å². The molecule has 1 aromatic carbocycles. The number of aromatic nitrogens is 2. The number of anilines is 2. The van der Waals surface area contributed by atoms with Crippen molar-refractivity contribution in [2.45, 2.75) is 38.6 Å². The van der Waals surface area contributed by atoms with Crippen LogP contribution in [0.15, 0.2) is 18.2 Å². The van der Waals surface area contributed by atoms with Gasteiger partial charge < -0.3 is 11.1 Å². The van der Waals surface area contributed by atoms with Gasteiger partial charge in [0.05, 0.1) is 11.6 Å². The Labute approximate surface area is 152 Å². The summed E-state index contributed by atoms with van der Waals surface area (Å²) in [5, 5.41) is 7.76. The number of benzene rings is 1. The minimum absolute atomic E-state index is 0.174. The number of halogens is 1. The first-order valence-electron chi connectivity index (χ1n) is 9.24. The standard InChI is InChI=1S/C19H24FN5O/c1-2-8-24-9-6-14-17(11-24)23-25(18(14)21)19(26)13-5-7-22-16-4-3-12(20)10-15(13)16/h3-4,10,13,22H,2,5-9,11,21H2,1H3. The van der Waals surface area contributed by atoms with Crippen LogP contribution in [0.4, 0.5) is 15.9 Å². The molecular weight excluding hydrogens is 333 g/mol. The molecule has 26 heavy (non-hydrogen) atoms. The topological polar surface area (TPSA) is 76.2 Å². The number of hydrogen-bond acceptors (Lipinski definition) is 5. The summed E-state index contributed by atoms with van der Waals surface area (Å²) in [5.74, 6) is -0.504. The number of rotatable bonds is 3. The summed E-state index contributed by atoms with van der Waals surface area (Å²) in [6.45, 7) is 5.50. The van der Waals surface area contributed by atoms with Crippen LogP contribution >= 0.6 is 0 Å². The van der Waals surface area contributed by atoms with Crippen LogP contribution in [0.1, 0.15) is 47.3 Å². The fourth-order valence-corrected chi connectivity index (χ4v) is 4.04. The molecule has 0 radical (unpaired) electrons. The Bertz CT molecular complexity index is 847. The van der Waals surface area contributed by atoms with E-state index in [1.807, 2.05) is 0 Å². The molecule has 3 N–H and O–H groups in total. The lowest BCUT2D eigenvalue weighted by molar-refractivity contribution is 0.0858. The largest absolute Gasteiger partial charge is 0.385 e. The summed E-state index contributed by atoms with van der Waals surface area (Å²) in [7, 11) is 0. The van der Waals surface area contributed by atoms with Gasteiger partial charge in [0, 0.05) is 30.9 Å². The van der Waals surface area contributed by atoms with Gasteiger partial charge in [0.1, 0.15) is 11.6 Å². The Morgan fingerprint density at radius 3 is 3.12 bits per heavy atom. The fourth-order valence-electron chi connectivity index (χ4n) is 4.04. The van der Waals surface area contributed by atoms with E-state index in [0.29, 0.717) is 24.3 Å². The molecule has 1 unspecified atom stereocenters. The van der Waals surface area contributed by atoms with Crippen LogP contribution in [-0.2, 0) is 13.0 Å². The molecule has 138 valence electrons. The van der Waals surface area contributed by atoms with Crippen LogP contribution in [0.25, 0.3) is 0 Å². The van der Waals surface area contributed by atoms with Gasteiger partial charge in [0.15, 0.2) is 0 Å². The molecule has 0 fully saturated rings. The van der Waals surface area contributed by atoms with Crippen LogP contribution in [0.5, 0.6) is 0 Å². The number of nitrogen functional groups attached to an aromatic ring is 1. The molecule has 1 aromatic heterocycles. The van der Waals surface area contributed by atoms with E-state index < -0.39 is 5.92 Å². The number of hydrogen-bond donors (Lipinski definition) is 2. The van der Waals surface area contributed by atoms with Gasteiger partial charge in [-0.25, -0.2) is 4.39 Å². The second-order valence-electron chi connectivity index (χ2n) is 7.09. The lowest BCUT2D eigenvalue weighted by Gasteiger charge is -2.25. The van der Waals surface area contributed by atoms with Gasteiger partial charge in [-0.3, -0.25) is 9.69 Å². The Hall–Kier alpha value is -2.41. The average Bonchev–Trinajstić information content (AvgIpc) is 2.97. The zero-order valence-electron chi connectivity index (χ0n) is 15.0. The first-order valence-corrected chi connectivity index (χ1v) is 9.24. The molecule has 3 heterocycles. The summed E-state index contributed by atoms with van der Waals surface area (Å²) in [6.07, 6.45) is 2.50. The lowest BCUT2D eigenvalue weighted by atomic mass is 9.90. The second kappa shape index (κ2) is 6.72. The normalized spacial score (nSPS) is 19.5. The van der Waals surface area contributed by atoms with Crippen LogP contribution in [0, 0.1) is 5.82 Å². The number of nitrogens with two attached hydrogens (primary N) is 1. The monoisotopic (exact) mass is 357 g/mol. The first-order chi connectivity index (χ1) is 12.6. The van der Waals surface area contributed by atoms with Crippen LogP contribution in [-0.4, -0.2) is 40.2 Å². The minimum atomic E-state index is -0.433. The van der Waals surface area contributed by atoms with Gasteiger partial charge in [-0.2, -0.15) is 9.78 Å². The van der Waals surface area contributed by atoms with Crippen molar-refractivity contribution >= 4 is 17.4 Å². The third-order valence-corrected chi connectivity index (χ3v) is 5.34. The number of nitrogens with one attached hydrogen (secondary N) is 1. The first kappa shape index (κ1) is 17.0. The highest BCUT2D eigenvalue weighted by atomic mass is 19.1. The highest BCUT2D eigenvalue weighted by molar-refractivity contribution is 5.90. The maximum atomic E-state index is 13.7. The Balaban J connectivity index is 1.66. The fraction of sp³-hybridized carbons (Fsp3) is 0.474. The summed E-state index contributed by atoms with van der Waals surface area (Å²) in [4.78, 5) is 15.5. The molecule has 2 aliphatic heterocycles. The Morgan fingerprint density at radius 2 is 2.31 bits per heavy atom. The number of carbonyl (C=O) groups excluding carboxylic acids is 1. The van der Waals surface area contributed by atoms with Crippen LogP contribution in [0.2, 0.25) is 0 Å². The summed E-state index contributed by atoms with van der Waals surface area (Å²) in [5.41, 5.74) is 9.64. The van der Waals surface area contributed by atoms with Gasteiger partial charge in [-0.1, -0.05) is 6.92 Å². The predicted octanol–water partition coefficient (Wildman–Crippen LogP) is 2.61. The van der Waals surface area contributed by atoms with Crippen molar-refractivity contribution in [3.63, 3.8) is 0 Å². The van der Waals surface area contributed by atoms with Crippen LogP contribution in [0.3, 0.4) is 0 Å². The molecule has 0 aliphatic carbocycles. The summed E-state index contributed by atoms with van der Waals surface area (Å²) >= 11 is 0. The van der Waals surface area contributed by atoms with Crippen molar-refractivity contribution in [2.75, 3.05) is 30.7 Å². The smallest absolute Gasteiger partial charge is 0.256 e. The van der Waals surface area contributed by atoms with Crippen molar-refractivity contribution in [2.24, 2.45) is 0 Å². The van der Waals surface area contributed by atoms with Crippen molar-refractivity contribution in [1.29, 1.82) is 0 Å². The van der Waals surface area contributed by atoms with Crippen molar-refractivity contribution in [1.82, 2.24) is 14.7 Å². The molecule has 6 nitrogen and oxygen atoms in total. The lowest BCUT2D eigenvalue weighted by Crippen LogP contribution is -2.31. The zero-order chi connectivity index (χ0) is 18.3. The maximum Gasteiger partial charge on any atom is 0.256 e. The van der Waals surface area contributed by atoms with Gasteiger partial charge >= 0.3 is 0 Å². The Morgan fingerprint density at radius 1 is 1.46 bits per heavy atom. The zero-order valence-corrected chi connectivity index (χ0v) is 15.0. The Kier molecular flexibility index (Phi) is 4.40. The molecule has 4 rings (SSSR count). The van der Waals surface area contributed by atoms with E-state index in [9.17, 15) is 9.18 Å². The van der Waals surface area contributed by atoms with Gasteiger partial charge in [-0.05, 0) is 49.6 Å². The molecular formula is C19H24FN5O. The van der Waals surface area contributed by atoms with E-state index in [4.69, 9.17) is 5.73 Å². The molecule has 7 heteroatoms. The quantitative estimate of drug-likeness (QED) is 0.883. The number of nitrogens with zero attached hydrogens (tertiary/aromatic N) is 3. The molecule has 0 saturated carbocycles. The average molecular weight is 357 g/mol. The van der Waals surface area contributed by atoms with E-state index in [-0.39, 0.29) is 11.7 Å². The molecule has 0 spiro atoms. The molecule has 0 amide bonds.